The Hall–Kier alpha value is -2.21. The largest absolute Gasteiger partial charge is 0.325 e. The molecule has 6 nitrogen and oxygen atoms in total. The number of amides is 1. The maximum Gasteiger partial charge on any atom is 0.241 e. The number of carbonyl (C=O) groups excluding carboxylic acids is 1. The van der Waals surface area contributed by atoms with Crippen molar-refractivity contribution in [2.45, 2.75) is 32.7 Å². The molecule has 1 fully saturated rings. The second-order valence-electron chi connectivity index (χ2n) is 5.95. The average Bonchev–Trinajstić information content (AvgIpc) is 2.94. The van der Waals surface area contributed by atoms with Crippen LogP contribution < -0.4 is 10.6 Å². The van der Waals surface area contributed by atoms with E-state index in [0.717, 1.165) is 36.5 Å². The van der Waals surface area contributed by atoms with Gasteiger partial charge in [-0.2, -0.15) is 5.10 Å². The molecule has 2 unspecified atom stereocenters. The fraction of sp³-hybridized carbons (Fsp3) is 0.438. The summed E-state index contributed by atoms with van der Waals surface area (Å²) in [4.78, 5) is 16.7. The predicted octanol–water partition coefficient (Wildman–Crippen LogP) is 2.11. The van der Waals surface area contributed by atoms with Crippen LogP contribution in [0.2, 0.25) is 0 Å². The average molecular weight is 299 g/mol. The lowest BCUT2D eigenvalue weighted by Gasteiger charge is -2.27. The van der Waals surface area contributed by atoms with Crippen LogP contribution in [-0.2, 0) is 4.79 Å². The van der Waals surface area contributed by atoms with Crippen LogP contribution in [-0.4, -0.2) is 33.7 Å². The quantitative estimate of drug-likeness (QED) is 0.810. The van der Waals surface area contributed by atoms with E-state index in [1.54, 1.807) is 0 Å². The van der Waals surface area contributed by atoms with Crippen LogP contribution in [0.3, 0.4) is 0 Å². The van der Waals surface area contributed by atoms with Crippen molar-refractivity contribution in [2.75, 3.05) is 11.9 Å². The van der Waals surface area contributed by atoms with Gasteiger partial charge in [-0.3, -0.25) is 9.89 Å². The molecule has 3 N–H and O–H groups in total. The third kappa shape index (κ3) is 3.33. The molecule has 1 aromatic heterocycles. The second-order valence-corrected chi connectivity index (χ2v) is 5.95. The van der Waals surface area contributed by atoms with E-state index in [4.69, 9.17) is 0 Å². The Balaban J connectivity index is 1.71. The van der Waals surface area contributed by atoms with Crippen LogP contribution >= 0.6 is 0 Å². The number of aromatic amines is 1. The van der Waals surface area contributed by atoms with E-state index in [1.165, 1.54) is 0 Å². The summed E-state index contributed by atoms with van der Waals surface area (Å²) in [5, 5.41) is 13.2. The summed E-state index contributed by atoms with van der Waals surface area (Å²) < 4.78 is 0. The first-order chi connectivity index (χ1) is 10.6. The molecule has 0 spiro atoms. The first-order valence-corrected chi connectivity index (χ1v) is 7.65. The van der Waals surface area contributed by atoms with Gasteiger partial charge in [0.05, 0.1) is 6.04 Å². The summed E-state index contributed by atoms with van der Waals surface area (Å²) in [6, 6.07) is 7.49. The van der Waals surface area contributed by atoms with Crippen molar-refractivity contribution < 1.29 is 4.79 Å². The fourth-order valence-electron chi connectivity index (χ4n) is 2.74. The fourth-order valence-corrected chi connectivity index (χ4v) is 2.74. The Morgan fingerprint density at radius 2 is 2.27 bits per heavy atom. The van der Waals surface area contributed by atoms with Crippen molar-refractivity contribution in [1.82, 2.24) is 20.5 Å². The lowest BCUT2D eigenvalue weighted by molar-refractivity contribution is -0.119. The van der Waals surface area contributed by atoms with Gasteiger partial charge in [0.2, 0.25) is 5.91 Å². The van der Waals surface area contributed by atoms with Crippen LogP contribution in [0.4, 0.5) is 5.69 Å². The van der Waals surface area contributed by atoms with E-state index in [9.17, 15) is 4.79 Å². The Morgan fingerprint density at radius 1 is 1.41 bits per heavy atom. The van der Waals surface area contributed by atoms with E-state index in [-0.39, 0.29) is 11.9 Å². The minimum atomic E-state index is -0.113. The molecular weight excluding hydrogens is 278 g/mol. The molecular formula is C16H21N5O. The zero-order chi connectivity index (χ0) is 15.5. The number of benzene rings is 1. The van der Waals surface area contributed by atoms with E-state index >= 15 is 0 Å². The Morgan fingerprint density at radius 3 is 3.00 bits per heavy atom. The first kappa shape index (κ1) is 14.7. The number of aryl methyl sites for hydroxylation is 1. The summed E-state index contributed by atoms with van der Waals surface area (Å²) in [6.07, 6.45) is 2.01. The molecule has 1 aromatic carbocycles. The van der Waals surface area contributed by atoms with Gasteiger partial charge in [0.1, 0.15) is 5.82 Å². The molecule has 22 heavy (non-hydrogen) atoms. The van der Waals surface area contributed by atoms with Crippen LogP contribution in [0.1, 0.15) is 25.6 Å². The highest BCUT2D eigenvalue weighted by molar-refractivity contribution is 5.95. The Labute approximate surface area is 129 Å². The molecule has 0 aliphatic carbocycles. The molecule has 6 heteroatoms. The van der Waals surface area contributed by atoms with Crippen molar-refractivity contribution in [3.63, 3.8) is 0 Å². The first-order valence-electron chi connectivity index (χ1n) is 7.65. The molecule has 3 rings (SSSR count). The van der Waals surface area contributed by atoms with Crippen molar-refractivity contribution in [3.8, 4) is 11.4 Å². The number of nitrogens with one attached hydrogen (secondary N) is 3. The molecule has 2 atom stereocenters. The molecule has 0 radical (unpaired) electrons. The number of hydrogen-bond donors (Lipinski definition) is 3. The summed E-state index contributed by atoms with van der Waals surface area (Å²) in [5.74, 6) is 2.01. The highest BCUT2D eigenvalue weighted by atomic mass is 16.2. The number of anilines is 1. The van der Waals surface area contributed by atoms with Gasteiger partial charge in [0.15, 0.2) is 5.82 Å². The number of aromatic nitrogens is 3. The number of rotatable bonds is 3. The normalized spacial score (nSPS) is 21.5. The van der Waals surface area contributed by atoms with Crippen LogP contribution in [0.25, 0.3) is 11.4 Å². The van der Waals surface area contributed by atoms with E-state index < -0.39 is 0 Å². The highest BCUT2D eigenvalue weighted by Gasteiger charge is 2.24. The minimum Gasteiger partial charge on any atom is -0.325 e. The SMILES string of the molecule is Cc1nc(-c2cccc(NC(=O)C3CC(C)CCN3)c2)n[nH]1. The number of piperidine rings is 1. The van der Waals surface area contributed by atoms with Gasteiger partial charge in [0.25, 0.3) is 0 Å². The molecule has 2 aromatic rings. The van der Waals surface area contributed by atoms with Crippen LogP contribution in [0.5, 0.6) is 0 Å². The number of nitrogens with zero attached hydrogens (tertiary/aromatic N) is 2. The smallest absolute Gasteiger partial charge is 0.241 e. The highest BCUT2D eigenvalue weighted by Crippen LogP contribution is 2.21. The van der Waals surface area contributed by atoms with E-state index in [0.29, 0.717) is 11.7 Å². The molecule has 116 valence electrons. The topological polar surface area (TPSA) is 82.7 Å². The predicted molar refractivity (Wildman–Crippen MR) is 85.4 cm³/mol. The molecule has 1 saturated heterocycles. The number of carbonyl (C=O) groups is 1. The standard InChI is InChI=1S/C16H21N5O/c1-10-6-7-17-14(8-10)16(22)19-13-5-3-4-12(9-13)15-18-11(2)20-21-15/h3-5,9-10,14,17H,6-8H2,1-2H3,(H,19,22)(H,18,20,21). The lowest BCUT2D eigenvalue weighted by atomic mass is 9.94. The molecule has 1 aliphatic rings. The van der Waals surface area contributed by atoms with Crippen molar-refractivity contribution in [2.24, 2.45) is 5.92 Å². The maximum atomic E-state index is 12.4. The summed E-state index contributed by atoms with van der Waals surface area (Å²) in [7, 11) is 0. The third-order valence-electron chi connectivity index (χ3n) is 3.97. The summed E-state index contributed by atoms with van der Waals surface area (Å²) in [6.45, 7) is 4.95. The van der Waals surface area contributed by atoms with Crippen molar-refractivity contribution in [1.29, 1.82) is 0 Å². The van der Waals surface area contributed by atoms with Gasteiger partial charge in [-0.05, 0) is 44.4 Å². The molecule has 1 aliphatic heterocycles. The van der Waals surface area contributed by atoms with Gasteiger partial charge < -0.3 is 10.6 Å². The maximum absolute atomic E-state index is 12.4. The zero-order valence-corrected chi connectivity index (χ0v) is 12.9. The van der Waals surface area contributed by atoms with E-state index in [2.05, 4.69) is 32.7 Å². The third-order valence-corrected chi connectivity index (χ3v) is 3.97. The number of hydrogen-bond acceptors (Lipinski definition) is 4. The van der Waals surface area contributed by atoms with Gasteiger partial charge >= 0.3 is 0 Å². The van der Waals surface area contributed by atoms with Crippen LogP contribution in [0, 0.1) is 12.8 Å². The molecule has 0 bridgehead atoms. The Bertz CT molecular complexity index is 666. The summed E-state index contributed by atoms with van der Waals surface area (Å²) >= 11 is 0. The van der Waals surface area contributed by atoms with Gasteiger partial charge in [0, 0.05) is 11.3 Å². The van der Waals surface area contributed by atoms with Crippen molar-refractivity contribution >= 4 is 11.6 Å². The Kier molecular flexibility index (Phi) is 4.20. The molecule has 2 heterocycles. The monoisotopic (exact) mass is 299 g/mol. The van der Waals surface area contributed by atoms with Gasteiger partial charge in [-0.25, -0.2) is 4.98 Å². The van der Waals surface area contributed by atoms with Gasteiger partial charge in [-0.1, -0.05) is 19.1 Å². The zero-order valence-electron chi connectivity index (χ0n) is 12.9. The minimum absolute atomic E-state index is 0.0230. The van der Waals surface area contributed by atoms with E-state index in [1.807, 2.05) is 31.2 Å². The van der Waals surface area contributed by atoms with Crippen LogP contribution in [0.15, 0.2) is 24.3 Å². The lowest BCUT2D eigenvalue weighted by Crippen LogP contribution is -2.45. The van der Waals surface area contributed by atoms with Gasteiger partial charge in [-0.15, -0.1) is 0 Å². The van der Waals surface area contributed by atoms with Crippen molar-refractivity contribution in [3.05, 3.63) is 30.1 Å². The number of H-pyrrole nitrogens is 1. The second kappa shape index (κ2) is 6.27. The molecule has 1 amide bonds. The summed E-state index contributed by atoms with van der Waals surface area (Å²) in [5.41, 5.74) is 1.65. The molecule has 0 saturated carbocycles.